The average Bonchev–Trinajstić information content (AvgIpc) is 0.715. The lowest BCUT2D eigenvalue weighted by Crippen LogP contribution is -2.75. The fourth-order valence-electron chi connectivity index (χ4n) is 11.6. The highest BCUT2D eigenvalue weighted by molar-refractivity contribution is 7.20. The summed E-state index contributed by atoms with van der Waals surface area (Å²) in [6, 6.07) is 31.1. The minimum Gasteiger partial charge on any atom is -0.287 e. The Balaban J connectivity index is 0.000000223. The number of carbonyl (C=O) groups is 1. The lowest BCUT2D eigenvalue weighted by Gasteiger charge is -2.46. The molecule has 0 unspecified atom stereocenters. The Morgan fingerprint density at radius 2 is 0.620 bits per heavy atom. The fourth-order valence-corrected chi connectivity index (χ4v) is 11.6. The maximum atomic E-state index is 14.2. The second-order valence-electron chi connectivity index (χ2n) is 21.4. The number of fused-ring (bicyclic) bond motifs is 1. The average molecular weight is 1310 g/mol. The van der Waals surface area contributed by atoms with Crippen molar-refractivity contribution in [2.24, 2.45) is 0 Å². The largest absolute Gasteiger partial charge is 0.416 e. The van der Waals surface area contributed by atoms with Crippen LogP contribution in [0.25, 0.3) is 54.3 Å². The first-order chi connectivity index (χ1) is 42.5. The number of ketones is 1. The predicted molar refractivity (Wildman–Crippen MR) is 294 cm³/mol. The quantitative estimate of drug-likeness (QED) is 0.0488. The molecule has 0 aliphatic carbocycles. The predicted octanol–water partition coefficient (Wildman–Crippen LogP) is 18.8. The van der Waals surface area contributed by atoms with Crippen molar-refractivity contribution >= 4 is 76.9 Å². The van der Waals surface area contributed by atoms with Crippen LogP contribution in [0.1, 0.15) is 54.9 Å². The zero-order valence-electron chi connectivity index (χ0n) is 45.7. The number of pyridine rings is 1. The van der Waals surface area contributed by atoms with E-state index in [9.17, 15) is 110 Å². The topological polar surface area (TPSA) is 20.9 Å². The summed E-state index contributed by atoms with van der Waals surface area (Å²) in [5.74, 6) is 0.102. The third-order valence-corrected chi connectivity index (χ3v) is 15.6. The van der Waals surface area contributed by atoms with E-state index in [0.717, 1.165) is 27.6 Å². The van der Waals surface area contributed by atoms with E-state index >= 15 is 0 Å². The Labute approximate surface area is 501 Å². The van der Waals surface area contributed by atoms with Crippen molar-refractivity contribution in [1.29, 1.82) is 0 Å². The van der Waals surface area contributed by atoms with E-state index in [2.05, 4.69) is 95.7 Å². The van der Waals surface area contributed by atoms with Crippen LogP contribution in [-0.2, 0) is 56.0 Å². The maximum absolute atomic E-state index is 14.2. The molecule has 10 aromatic carbocycles. The second-order valence-corrected chi connectivity index (χ2v) is 21.4. The second kappa shape index (κ2) is 22.8. The van der Waals surface area contributed by atoms with Crippen molar-refractivity contribution in [3.63, 3.8) is 0 Å². The molecule has 0 aliphatic rings. The molecule has 0 spiro atoms. The molecule has 0 bridgehead atoms. The molecule has 92 heavy (non-hydrogen) atoms. The van der Waals surface area contributed by atoms with Gasteiger partial charge in [0.25, 0.3) is 0 Å². The molecular weight excluding hydrogens is 1280 g/mol. The van der Waals surface area contributed by atoms with E-state index in [0.29, 0.717) is 0 Å². The van der Waals surface area contributed by atoms with Gasteiger partial charge in [-0.15, -0.1) is 0 Å². The third-order valence-electron chi connectivity index (χ3n) is 15.6. The van der Waals surface area contributed by atoms with Crippen molar-refractivity contribution in [1.82, 2.24) is 0 Å². The Bertz CT molecular complexity index is 4180. The number of alkyl halides is 24. The molecule has 2 nitrogen and oxygen atoms in total. The molecule has 1 heterocycles. The highest BCUT2D eigenvalue weighted by Gasteiger charge is 2.47. The molecule has 476 valence electrons. The van der Waals surface area contributed by atoms with Crippen LogP contribution in [0.5, 0.6) is 0 Å². The molecule has 0 N–H and O–H groups in total. The van der Waals surface area contributed by atoms with Crippen molar-refractivity contribution in [2.75, 3.05) is 0 Å². The molecule has 1 aromatic heterocycles. The van der Waals surface area contributed by atoms with Gasteiger partial charge in [0.15, 0.2) is 6.20 Å². The van der Waals surface area contributed by atoms with Crippen LogP contribution < -0.4 is 26.4 Å². The Kier molecular flexibility index (Phi) is 16.3. The number of benzene rings is 10. The van der Waals surface area contributed by atoms with Gasteiger partial charge < -0.3 is 0 Å². The van der Waals surface area contributed by atoms with Gasteiger partial charge in [-0.3, -0.25) is 4.79 Å². The van der Waals surface area contributed by atoms with Crippen LogP contribution in [-0.4, -0.2) is 11.9 Å². The molecule has 0 aliphatic heterocycles. The first-order valence-corrected chi connectivity index (χ1v) is 26.6. The molecular formula is C65H34BF24NO. The van der Waals surface area contributed by atoms with Crippen LogP contribution >= 0.6 is 0 Å². The van der Waals surface area contributed by atoms with Crippen LogP contribution in [0.2, 0.25) is 0 Å². The molecule has 0 saturated heterocycles. The van der Waals surface area contributed by atoms with Gasteiger partial charge in [-0.25, -0.2) is 0 Å². The van der Waals surface area contributed by atoms with Crippen molar-refractivity contribution in [3.05, 3.63) is 244 Å². The molecule has 0 fully saturated rings. The highest BCUT2D eigenvalue weighted by Crippen LogP contribution is 2.44. The summed E-state index contributed by atoms with van der Waals surface area (Å²) < 4.78 is 343. The summed E-state index contributed by atoms with van der Waals surface area (Å²) in [6.07, 6.45) is -52.8. The van der Waals surface area contributed by atoms with Crippen LogP contribution in [0.15, 0.2) is 194 Å². The van der Waals surface area contributed by atoms with E-state index in [1.54, 1.807) is 0 Å². The monoisotopic (exact) mass is 1310 g/mol. The van der Waals surface area contributed by atoms with Crippen LogP contribution in [0.4, 0.5) is 105 Å². The van der Waals surface area contributed by atoms with E-state index in [4.69, 9.17) is 0 Å². The summed E-state index contributed by atoms with van der Waals surface area (Å²) >= 11 is 0. The standard InChI is InChI=1S/C33H22NO.C32H12BF24/c35-30(23-8-2-1-3-9-23)21-34-20-19-22-7-4-5-12-27(22)33(34)29-18-16-26-14-13-24-10-6-11-25-15-17-28(29)32(26)31(24)25;34-25(35,36)13-1-14(26(37,38)39)6-21(5-13)33(22-7-15(27(40,41)42)2-16(8-22)28(43,44)45,23-9-17(29(46,47)48)3-18(10-23)30(49,50)51)24-11-19(31(52,53)54)4-20(12-24)32(55,56)57/h1-20H,21H2;1-12H/q+1;-1. The first kappa shape index (κ1) is 65.7. The number of aromatic nitrogens is 1. The molecule has 0 radical (unpaired) electrons. The van der Waals surface area contributed by atoms with E-state index in [-0.39, 0.29) is 12.3 Å². The normalized spacial score (nSPS) is 13.3. The number of Topliss-reactive ketones (excluding diaryl/α,β-unsaturated/α-hetero) is 1. The van der Waals surface area contributed by atoms with Crippen molar-refractivity contribution in [3.8, 4) is 11.3 Å². The van der Waals surface area contributed by atoms with Gasteiger partial charge in [0, 0.05) is 11.6 Å². The van der Waals surface area contributed by atoms with Gasteiger partial charge in [0.1, 0.15) is 6.15 Å². The summed E-state index contributed by atoms with van der Waals surface area (Å²) in [5.41, 5.74) is -27.3. The van der Waals surface area contributed by atoms with Crippen molar-refractivity contribution in [2.45, 2.75) is 56.0 Å². The molecule has 0 saturated carbocycles. The molecule has 11 aromatic rings. The number of hydrogen-bond acceptors (Lipinski definition) is 1. The maximum Gasteiger partial charge on any atom is 0.416 e. The minimum absolute atomic E-state index is 0.102. The SMILES string of the molecule is FC(F)(F)c1cc([B-](c2cc(C(F)(F)F)cc(C(F)(F)F)c2)(c2cc(C(F)(F)F)cc(C(F)(F)F)c2)c2cc(C(F)(F)F)cc(C(F)(F)F)c2)cc(C(F)(F)F)c1.O=C(C[n+]1ccc2ccccc2c1-c1ccc2ccc3cccc4ccc1c2c34)c1ccccc1. The highest BCUT2D eigenvalue weighted by atomic mass is 19.4. The van der Waals surface area contributed by atoms with Gasteiger partial charge in [-0.2, -0.15) is 132 Å². The first-order valence-electron chi connectivity index (χ1n) is 26.6. The minimum atomic E-state index is -6.13. The molecule has 27 heteroatoms. The number of rotatable bonds is 8. The zero-order valence-corrected chi connectivity index (χ0v) is 45.7. The van der Waals surface area contributed by atoms with Gasteiger partial charge in [0.2, 0.25) is 18.0 Å². The molecule has 0 atom stereocenters. The fraction of sp³-hybridized carbons (Fsp3) is 0.138. The Hall–Kier alpha value is -9.30. The van der Waals surface area contributed by atoms with Gasteiger partial charge in [0.05, 0.1) is 55.5 Å². The summed E-state index contributed by atoms with van der Waals surface area (Å²) in [5, 5.41) is 9.85. The molecule has 0 amide bonds. The lowest BCUT2D eigenvalue weighted by molar-refractivity contribution is -0.671. The van der Waals surface area contributed by atoms with E-state index in [1.165, 1.54) is 32.3 Å². The van der Waals surface area contributed by atoms with Gasteiger partial charge >= 0.3 is 49.4 Å². The summed E-state index contributed by atoms with van der Waals surface area (Å²) in [7, 11) is 0. The number of halogens is 24. The lowest BCUT2D eigenvalue weighted by atomic mass is 9.12. The van der Waals surface area contributed by atoms with Gasteiger partial charge in [-0.05, 0) is 74.1 Å². The van der Waals surface area contributed by atoms with E-state index < -0.39 is 195 Å². The Morgan fingerprint density at radius 1 is 0.304 bits per heavy atom. The van der Waals surface area contributed by atoms with Gasteiger partial charge in [-0.1, -0.05) is 146 Å². The van der Waals surface area contributed by atoms with Crippen LogP contribution in [0.3, 0.4) is 0 Å². The van der Waals surface area contributed by atoms with Crippen molar-refractivity contribution < 1.29 is 115 Å². The summed E-state index contributed by atoms with van der Waals surface area (Å²) in [6.45, 7) is 0.284. The van der Waals surface area contributed by atoms with E-state index in [1.807, 2.05) is 30.3 Å². The third kappa shape index (κ3) is 12.9. The smallest absolute Gasteiger partial charge is 0.287 e. The summed E-state index contributed by atoms with van der Waals surface area (Å²) in [4.78, 5) is 13.3. The molecule has 11 rings (SSSR count). The number of nitrogens with zero attached hydrogens (tertiary/aromatic N) is 1. The number of hydrogen-bond donors (Lipinski definition) is 0. The number of carbonyl (C=O) groups excluding carboxylic acids is 1. The Morgan fingerprint density at radius 3 is 0.989 bits per heavy atom. The van der Waals surface area contributed by atoms with Crippen LogP contribution in [0, 0.1) is 0 Å². The zero-order chi connectivity index (χ0) is 67.3.